The Kier molecular flexibility index (Phi) is 8.75. The Hall–Kier alpha value is -2.04. The number of amides is 1. The number of hydrogen-bond acceptors (Lipinski definition) is 3. The highest BCUT2D eigenvalue weighted by molar-refractivity contribution is 5.81. The van der Waals surface area contributed by atoms with Crippen LogP contribution in [-0.2, 0) is 16.0 Å². The number of benzene rings is 1. The van der Waals surface area contributed by atoms with Gasteiger partial charge in [0.1, 0.15) is 12.1 Å². The zero-order valence-corrected chi connectivity index (χ0v) is 19.3. The second-order valence-corrected chi connectivity index (χ2v) is 9.67. The van der Waals surface area contributed by atoms with Crippen molar-refractivity contribution in [3.63, 3.8) is 0 Å². The first-order valence-corrected chi connectivity index (χ1v) is 11.4. The summed E-state index contributed by atoms with van der Waals surface area (Å²) in [6, 6.07) is 9.73. The second kappa shape index (κ2) is 10.8. The number of nitrogens with zero attached hydrogens (tertiary/aromatic N) is 1. The highest BCUT2D eigenvalue weighted by Gasteiger charge is 2.41. The van der Waals surface area contributed by atoms with Gasteiger partial charge < -0.3 is 9.84 Å². The van der Waals surface area contributed by atoms with Gasteiger partial charge in [-0.1, -0.05) is 56.5 Å². The van der Waals surface area contributed by atoms with Crippen LogP contribution in [0.1, 0.15) is 78.7 Å². The minimum absolute atomic E-state index is 0.228. The van der Waals surface area contributed by atoms with E-state index in [0.717, 1.165) is 38.5 Å². The molecule has 0 unspecified atom stereocenters. The maximum Gasteiger partial charge on any atom is 0.408 e. The topological polar surface area (TPSA) is 66.8 Å². The molecule has 30 heavy (non-hydrogen) atoms. The third-order valence-corrected chi connectivity index (χ3v) is 6.31. The first kappa shape index (κ1) is 24.2. The summed E-state index contributed by atoms with van der Waals surface area (Å²) in [6.45, 7) is 9.65. The van der Waals surface area contributed by atoms with E-state index in [1.165, 1.54) is 10.5 Å². The van der Waals surface area contributed by atoms with Gasteiger partial charge in [0.15, 0.2) is 0 Å². The van der Waals surface area contributed by atoms with Crippen LogP contribution in [0.3, 0.4) is 0 Å². The molecule has 1 amide bonds. The van der Waals surface area contributed by atoms with Gasteiger partial charge >= 0.3 is 12.1 Å². The van der Waals surface area contributed by atoms with Gasteiger partial charge in [0, 0.05) is 5.54 Å². The van der Waals surface area contributed by atoms with E-state index in [1.54, 1.807) is 0 Å². The van der Waals surface area contributed by atoms with E-state index in [4.69, 9.17) is 4.74 Å². The zero-order chi connectivity index (χ0) is 22.3. The maximum absolute atomic E-state index is 13.1. The van der Waals surface area contributed by atoms with E-state index in [0.29, 0.717) is 12.3 Å². The molecular formula is C25H39NO4. The summed E-state index contributed by atoms with van der Waals surface area (Å²) in [4.78, 5) is 26.3. The summed E-state index contributed by atoms with van der Waals surface area (Å²) >= 11 is 0. The van der Waals surface area contributed by atoms with Crippen LogP contribution < -0.4 is 0 Å². The molecule has 1 aliphatic heterocycles. The Morgan fingerprint density at radius 1 is 1.20 bits per heavy atom. The van der Waals surface area contributed by atoms with E-state index in [2.05, 4.69) is 31.2 Å². The largest absolute Gasteiger partial charge is 0.465 e. The molecule has 1 aliphatic rings. The van der Waals surface area contributed by atoms with Crippen molar-refractivity contribution in [1.82, 2.24) is 4.90 Å². The van der Waals surface area contributed by atoms with Crippen molar-refractivity contribution in [1.29, 1.82) is 0 Å². The highest BCUT2D eigenvalue weighted by atomic mass is 16.5. The Labute approximate surface area is 181 Å². The van der Waals surface area contributed by atoms with E-state index in [9.17, 15) is 14.7 Å². The molecule has 0 spiro atoms. The summed E-state index contributed by atoms with van der Waals surface area (Å²) in [5.41, 5.74) is 0.637. The molecule has 1 saturated heterocycles. The first-order chi connectivity index (χ1) is 14.1. The van der Waals surface area contributed by atoms with Gasteiger partial charge in [0.05, 0.1) is 0 Å². The molecule has 5 nitrogen and oxygen atoms in total. The van der Waals surface area contributed by atoms with Gasteiger partial charge in [-0.3, -0.25) is 4.90 Å². The van der Waals surface area contributed by atoms with Gasteiger partial charge in [-0.05, 0) is 70.8 Å². The lowest BCUT2D eigenvalue weighted by Crippen LogP contribution is -2.55. The van der Waals surface area contributed by atoms with Crippen LogP contribution in [0.4, 0.5) is 4.79 Å². The average molecular weight is 418 g/mol. The fraction of sp³-hybridized carbons (Fsp3) is 0.680. The highest BCUT2D eigenvalue weighted by Crippen LogP contribution is 2.34. The van der Waals surface area contributed by atoms with Crippen molar-refractivity contribution < 1.29 is 19.4 Å². The van der Waals surface area contributed by atoms with Crippen LogP contribution in [0.5, 0.6) is 0 Å². The summed E-state index contributed by atoms with van der Waals surface area (Å²) in [5.74, 6) is 0.288. The molecule has 0 aromatic heterocycles. The number of cyclic esters (lactones) is 1. The third-order valence-electron chi connectivity index (χ3n) is 6.31. The minimum Gasteiger partial charge on any atom is -0.465 e. The fourth-order valence-electron chi connectivity index (χ4n) is 4.84. The van der Waals surface area contributed by atoms with Crippen molar-refractivity contribution in [3.05, 3.63) is 35.9 Å². The van der Waals surface area contributed by atoms with Crippen molar-refractivity contribution in [3.8, 4) is 0 Å². The molecule has 0 radical (unpaired) electrons. The molecule has 1 fully saturated rings. The summed E-state index contributed by atoms with van der Waals surface area (Å²) in [5, 5.41) is 9.81. The number of carboxylic acid groups (broad SMARTS) is 1. The van der Waals surface area contributed by atoms with Crippen LogP contribution in [0.15, 0.2) is 30.3 Å². The number of unbranched alkanes of at least 4 members (excludes halogenated alkanes) is 1. The standard InChI is InChI=1S/C25H39NO4/c1-6-7-15-21-18(2)30-23(27)22(26(24(28)29)25(3,4)5)16-11-14-20(21)17-19-12-9-8-10-13-19/h8-10,12-13,18,20-22H,6-7,11,14-17H2,1-5H3,(H,28,29)/t18-,20+,21-,22-/m0/s1. The van der Waals surface area contributed by atoms with E-state index >= 15 is 0 Å². The lowest BCUT2D eigenvalue weighted by atomic mass is 9.78. The van der Waals surface area contributed by atoms with E-state index in [1.807, 2.05) is 33.8 Å². The van der Waals surface area contributed by atoms with Gasteiger partial charge in [-0.2, -0.15) is 0 Å². The van der Waals surface area contributed by atoms with Crippen molar-refractivity contribution in [2.24, 2.45) is 11.8 Å². The predicted molar refractivity (Wildman–Crippen MR) is 119 cm³/mol. The fourth-order valence-corrected chi connectivity index (χ4v) is 4.84. The molecule has 5 heteroatoms. The molecule has 0 bridgehead atoms. The van der Waals surface area contributed by atoms with Crippen molar-refractivity contribution >= 4 is 12.1 Å². The molecule has 168 valence electrons. The smallest absolute Gasteiger partial charge is 0.408 e. The summed E-state index contributed by atoms with van der Waals surface area (Å²) < 4.78 is 5.94. The van der Waals surface area contributed by atoms with E-state index < -0.39 is 23.6 Å². The summed E-state index contributed by atoms with van der Waals surface area (Å²) in [7, 11) is 0. The van der Waals surface area contributed by atoms with Gasteiger partial charge in [0.25, 0.3) is 0 Å². The molecule has 1 aromatic rings. The average Bonchev–Trinajstić information content (AvgIpc) is 2.70. The zero-order valence-electron chi connectivity index (χ0n) is 19.3. The number of ether oxygens (including phenoxy) is 1. The molecule has 1 aromatic carbocycles. The third kappa shape index (κ3) is 6.48. The van der Waals surface area contributed by atoms with Gasteiger partial charge in [-0.25, -0.2) is 9.59 Å². The SMILES string of the molecule is CCCC[C@@H]1[C@@H](Cc2ccccc2)CCC[C@H](N(C(=O)O)C(C)(C)C)C(=O)O[C@H]1C. The maximum atomic E-state index is 13.1. The molecule has 4 atom stereocenters. The van der Waals surface area contributed by atoms with Crippen LogP contribution in [-0.4, -0.2) is 39.8 Å². The first-order valence-electron chi connectivity index (χ1n) is 11.4. The van der Waals surface area contributed by atoms with Crippen molar-refractivity contribution in [2.75, 3.05) is 0 Å². The molecule has 1 heterocycles. The number of rotatable bonds is 6. The predicted octanol–water partition coefficient (Wildman–Crippen LogP) is 5.91. The second-order valence-electron chi connectivity index (χ2n) is 9.67. The minimum atomic E-state index is -1.07. The van der Waals surface area contributed by atoms with Gasteiger partial charge in [-0.15, -0.1) is 0 Å². The number of hydrogen-bond donors (Lipinski definition) is 1. The lowest BCUT2D eigenvalue weighted by molar-refractivity contribution is -0.159. The van der Waals surface area contributed by atoms with Crippen LogP contribution in [0, 0.1) is 11.8 Å². The quantitative estimate of drug-likeness (QED) is 0.584. The molecule has 1 N–H and O–H groups in total. The Morgan fingerprint density at radius 3 is 2.43 bits per heavy atom. The molecule has 2 rings (SSSR count). The number of esters is 1. The van der Waals surface area contributed by atoms with Crippen LogP contribution >= 0.6 is 0 Å². The Bertz CT molecular complexity index is 682. The van der Waals surface area contributed by atoms with E-state index in [-0.39, 0.29) is 12.0 Å². The normalized spacial score (nSPS) is 25.6. The van der Waals surface area contributed by atoms with Crippen LogP contribution in [0.25, 0.3) is 0 Å². The van der Waals surface area contributed by atoms with Crippen LogP contribution in [0.2, 0.25) is 0 Å². The number of carbonyl (C=O) groups excluding carboxylic acids is 1. The lowest BCUT2D eigenvalue weighted by Gasteiger charge is -2.38. The monoisotopic (exact) mass is 417 g/mol. The summed E-state index contributed by atoms with van der Waals surface area (Å²) in [6.07, 6.45) is 5.18. The Balaban J connectivity index is 2.29. The van der Waals surface area contributed by atoms with Gasteiger partial charge in [0.2, 0.25) is 0 Å². The molecule has 0 aliphatic carbocycles. The molecule has 0 saturated carbocycles. The van der Waals surface area contributed by atoms with Crippen molar-refractivity contribution in [2.45, 2.75) is 97.2 Å². The number of carbonyl (C=O) groups is 2. The molecular weight excluding hydrogens is 378 g/mol. The Morgan fingerprint density at radius 2 is 1.87 bits per heavy atom.